The van der Waals surface area contributed by atoms with Crippen LogP contribution in [-0.2, 0) is 12.8 Å². The molecule has 1 fully saturated rings. The Bertz CT molecular complexity index is 283. The minimum Gasteiger partial charge on any atom is -0.0613 e. The quantitative estimate of drug-likeness (QED) is 0.735. The van der Waals surface area contributed by atoms with E-state index in [9.17, 15) is 0 Å². The van der Waals surface area contributed by atoms with Crippen molar-refractivity contribution in [1.29, 1.82) is 0 Å². The second-order valence-corrected chi connectivity index (χ2v) is 4.86. The summed E-state index contributed by atoms with van der Waals surface area (Å²) >= 11 is 0. The fourth-order valence-electron chi connectivity index (χ4n) is 2.61. The minimum absolute atomic E-state index is 0. The third-order valence-electron chi connectivity index (χ3n) is 3.75. The average Bonchev–Trinajstić information content (AvgIpc) is 2.80. The molecule has 0 bridgehead atoms. The fraction of sp³-hybridized carbons (Fsp3) is 0.600. The van der Waals surface area contributed by atoms with Crippen LogP contribution in [0.2, 0.25) is 0 Å². The van der Waals surface area contributed by atoms with Crippen molar-refractivity contribution in [3.8, 4) is 0 Å². The van der Waals surface area contributed by atoms with Crippen LogP contribution in [0, 0.1) is 43.7 Å². The minimum atomic E-state index is 0. The molecule has 0 N–H and O–H groups in total. The van der Waals surface area contributed by atoms with E-state index in [0.29, 0.717) is 0 Å². The maximum atomic E-state index is 2.31. The molecule has 0 heterocycles. The van der Waals surface area contributed by atoms with Crippen LogP contribution in [0.5, 0.6) is 0 Å². The van der Waals surface area contributed by atoms with Crippen molar-refractivity contribution in [2.45, 2.75) is 51.9 Å². The van der Waals surface area contributed by atoms with Crippen LogP contribution in [0.3, 0.4) is 0 Å². The summed E-state index contributed by atoms with van der Waals surface area (Å²) in [5.74, 6) is 1.02. The molecule has 1 aliphatic carbocycles. The summed E-state index contributed by atoms with van der Waals surface area (Å²) in [4.78, 5) is 0. The first kappa shape index (κ1) is 14.5. The van der Waals surface area contributed by atoms with E-state index in [2.05, 4.69) is 31.2 Å². The Balaban J connectivity index is 0.00000128. The molecule has 2 rings (SSSR count). The number of benzene rings is 1. The standard InChI is InChI=1S/C15H22.Ar/c1-2-13-7-9-15(10-8-13)12-11-14-5-3-4-6-14;/h7-10,14H,2-6,11-12H2,1H3;. The summed E-state index contributed by atoms with van der Waals surface area (Å²) in [5.41, 5.74) is 2.98. The average molecular weight is 242 g/mol. The molecule has 0 radical (unpaired) electrons. The van der Waals surface area contributed by atoms with Crippen LogP contribution in [-0.4, -0.2) is 0 Å². The Morgan fingerprint density at radius 3 is 2.12 bits per heavy atom. The largest absolute Gasteiger partial charge is 0.0613 e. The molecule has 0 spiro atoms. The van der Waals surface area contributed by atoms with Gasteiger partial charge in [-0.05, 0) is 36.3 Å². The normalized spacial score (nSPS) is 16.1. The van der Waals surface area contributed by atoms with Crippen LogP contribution < -0.4 is 0 Å². The van der Waals surface area contributed by atoms with Crippen molar-refractivity contribution in [3.05, 3.63) is 35.4 Å². The molecule has 0 nitrogen and oxygen atoms in total. The van der Waals surface area contributed by atoms with Gasteiger partial charge in [-0.15, -0.1) is 0 Å². The molecule has 1 aliphatic rings. The summed E-state index contributed by atoms with van der Waals surface area (Å²) in [6, 6.07) is 9.19. The number of hydrogen-bond donors (Lipinski definition) is 0. The van der Waals surface area contributed by atoms with Gasteiger partial charge in [0, 0.05) is 37.7 Å². The molecule has 1 saturated carbocycles. The summed E-state index contributed by atoms with van der Waals surface area (Å²) in [6.45, 7) is 2.22. The maximum Gasteiger partial charge on any atom is 0 e. The first-order chi connectivity index (χ1) is 7.38. The van der Waals surface area contributed by atoms with Gasteiger partial charge in [-0.2, -0.15) is 0 Å². The first-order valence-corrected chi connectivity index (χ1v) is 6.46. The summed E-state index contributed by atoms with van der Waals surface area (Å²) in [7, 11) is 0. The summed E-state index contributed by atoms with van der Waals surface area (Å²) in [6.07, 6.45) is 9.75. The molecule has 16 heavy (non-hydrogen) atoms. The molecule has 0 atom stereocenters. The van der Waals surface area contributed by atoms with Gasteiger partial charge in [0.15, 0.2) is 0 Å². The topological polar surface area (TPSA) is 0 Å². The zero-order chi connectivity index (χ0) is 10.5. The van der Waals surface area contributed by atoms with E-state index in [1.807, 2.05) is 0 Å². The molecule has 0 saturated heterocycles. The van der Waals surface area contributed by atoms with Crippen molar-refractivity contribution in [2.24, 2.45) is 5.92 Å². The Morgan fingerprint density at radius 2 is 1.56 bits per heavy atom. The zero-order valence-corrected chi connectivity index (χ0v) is 10.9. The van der Waals surface area contributed by atoms with E-state index in [4.69, 9.17) is 0 Å². The molecule has 1 aromatic rings. The second kappa shape index (κ2) is 7.74. The second-order valence-electron chi connectivity index (χ2n) is 4.86. The van der Waals surface area contributed by atoms with Crippen LogP contribution in [0.4, 0.5) is 0 Å². The van der Waals surface area contributed by atoms with Gasteiger partial charge in [0.1, 0.15) is 0 Å². The van der Waals surface area contributed by atoms with E-state index in [1.54, 1.807) is 0 Å². The molecule has 90 valence electrons. The van der Waals surface area contributed by atoms with Crippen molar-refractivity contribution in [2.75, 3.05) is 0 Å². The van der Waals surface area contributed by atoms with E-state index in [-0.39, 0.29) is 37.7 Å². The van der Waals surface area contributed by atoms with Gasteiger partial charge in [-0.1, -0.05) is 56.9 Å². The van der Waals surface area contributed by atoms with E-state index < -0.39 is 0 Å². The number of aryl methyl sites for hydroxylation is 2. The number of hydrogen-bond acceptors (Lipinski definition) is 0. The van der Waals surface area contributed by atoms with Crippen molar-refractivity contribution < 1.29 is 37.7 Å². The van der Waals surface area contributed by atoms with Gasteiger partial charge in [-0.3, -0.25) is 0 Å². The molecular weight excluding hydrogens is 220 g/mol. The molecule has 0 unspecified atom stereocenters. The molecule has 1 aromatic carbocycles. The van der Waals surface area contributed by atoms with Gasteiger partial charge in [0.25, 0.3) is 0 Å². The fourth-order valence-corrected chi connectivity index (χ4v) is 2.61. The van der Waals surface area contributed by atoms with Gasteiger partial charge in [0.2, 0.25) is 0 Å². The third kappa shape index (κ3) is 4.39. The van der Waals surface area contributed by atoms with E-state index in [1.165, 1.54) is 49.7 Å². The zero-order valence-electron chi connectivity index (χ0n) is 10.2. The molecule has 0 amide bonds. The predicted molar refractivity (Wildman–Crippen MR) is 66.1 cm³/mol. The molecular formula is C15H22Ar. The van der Waals surface area contributed by atoms with E-state index >= 15 is 0 Å². The molecule has 0 aliphatic heterocycles. The molecule has 0 aromatic heterocycles. The summed E-state index contributed by atoms with van der Waals surface area (Å²) < 4.78 is 0. The van der Waals surface area contributed by atoms with Gasteiger partial charge >= 0.3 is 0 Å². The number of rotatable bonds is 4. The van der Waals surface area contributed by atoms with Crippen molar-refractivity contribution in [1.82, 2.24) is 0 Å². The maximum absolute atomic E-state index is 2.31. The first-order valence-electron chi connectivity index (χ1n) is 6.46. The van der Waals surface area contributed by atoms with Crippen molar-refractivity contribution in [3.63, 3.8) is 0 Å². The van der Waals surface area contributed by atoms with Crippen LogP contribution in [0.25, 0.3) is 0 Å². The SMILES string of the molecule is CCc1ccc(CCC2CCCC2)cc1.[Ar]. The van der Waals surface area contributed by atoms with Crippen LogP contribution in [0.1, 0.15) is 50.2 Å². The predicted octanol–water partition coefficient (Wildman–Crippen LogP) is 4.37. The van der Waals surface area contributed by atoms with E-state index in [0.717, 1.165) is 12.3 Å². The summed E-state index contributed by atoms with van der Waals surface area (Å²) in [5, 5.41) is 0. The Hall–Kier alpha value is 0.480. The third-order valence-corrected chi connectivity index (χ3v) is 3.75. The smallest absolute Gasteiger partial charge is 0 e. The monoisotopic (exact) mass is 242 g/mol. The Morgan fingerprint density at radius 1 is 1.00 bits per heavy atom. The van der Waals surface area contributed by atoms with Gasteiger partial charge in [0.05, 0.1) is 0 Å². The van der Waals surface area contributed by atoms with Gasteiger partial charge < -0.3 is 0 Å². The Kier molecular flexibility index (Phi) is 7.03. The van der Waals surface area contributed by atoms with Crippen LogP contribution in [0.15, 0.2) is 24.3 Å². The molecule has 1 heteroatoms. The van der Waals surface area contributed by atoms with Gasteiger partial charge in [-0.25, -0.2) is 0 Å². The van der Waals surface area contributed by atoms with Crippen LogP contribution >= 0.6 is 0 Å². The Labute approximate surface area is 130 Å². The van der Waals surface area contributed by atoms with Crippen molar-refractivity contribution >= 4 is 0 Å².